The van der Waals surface area contributed by atoms with E-state index in [-0.39, 0.29) is 12.1 Å². The summed E-state index contributed by atoms with van der Waals surface area (Å²) in [5, 5.41) is 7.72. The minimum absolute atomic E-state index is 0.0132. The number of aryl methyl sites for hydroxylation is 1. The molecule has 0 fully saturated rings. The molecule has 20 heavy (non-hydrogen) atoms. The van der Waals surface area contributed by atoms with Crippen molar-refractivity contribution in [3.05, 3.63) is 53.9 Å². The van der Waals surface area contributed by atoms with Crippen LogP contribution in [0.3, 0.4) is 0 Å². The smallest absolute Gasteiger partial charge is 0.102 e. The van der Waals surface area contributed by atoms with Crippen molar-refractivity contribution in [2.75, 3.05) is 13.7 Å². The van der Waals surface area contributed by atoms with E-state index in [1.54, 1.807) is 0 Å². The minimum atomic E-state index is -0.0132. The maximum Gasteiger partial charge on any atom is 0.102 e. The van der Waals surface area contributed by atoms with Crippen molar-refractivity contribution in [1.29, 1.82) is 0 Å². The van der Waals surface area contributed by atoms with Crippen LogP contribution in [0.25, 0.3) is 0 Å². The largest absolute Gasteiger partial charge is 0.372 e. The Labute approximate surface area is 120 Å². The van der Waals surface area contributed by atoms with Crippen molar-refractivity contribution in [2.24, 2.45) is 0 Å². The molecule has 2 atom stereocenters. The minimum Gasteiger partial charge on any atom is -0.372 e. The Morgan fingerprint density at radius 1 is 1.20 bits per heavy atom. The molecule has 0 aliphatic carbocycles. The zero-order valence-electron chi connectivity index (χ0n) is 12.4. The Bertz CT molecular complexity index is 509. The van der Waals surface area contributed by atoms with Gasteiger partial charge in [-0.05, 0) is 26.5 Å². The first-order valence-electron chi connectivity index (χ1n) is 7.16. The predicted octanol–water partition coefficient (Wildman–Crippen LogP) is 2.94. The van der Waals surface area contributed by atoms with Crippen LogP contribution in [-0.2, 0) is 11.3 Å². The lowest BCUT2D eigenvalue weighted by Crippen LogP contribution is -2.25. The molecular weight excluding hydrogens is 250 g/mol. The average Bonchev–Trinajstić information content (AvgIpc) is 2.97. The number of ether oxygens (including phenoxy) is 1. The van der Waals surface area contributed by atoms with Gasteiger partial charge in [0.1, 0.15) is 6.10 Å². The molecule has 108 valence electrons. The summed E-state index contributed by atoms with van der Waals surface area (Å²) in [5.41, 5.74) is 2.33. The van der Waals surface area contributed by atoms with Crippen LogP contribution >= 0.6 is 0 Å². The van der Waals surface area contributed by atoms with Crippen molar-refractivity contribution in [3.8, 4) is 0 Å². The number of rotatable bonds is 7. The molecule has 2 unspecified atom stereocenters. The van der Waals surface area contributed by atoms with E-state index in [0.29, 0.717) is 6.61 Å². The van der Waals surface area contributed by atoms with Crippen molar-refractivity contribution in [2.45, 2.75) is 32.5 Å². The van der Waals surface area contributed by atoms with Crippen LogP contribution in [0.2, 0.25) is 0 Å². The standard InChI is InChI=1S/C16H23N3O/c1-4-19-12-14(11-18-19)15(17-3)16(20-5-2)13-9-7-6-8-10-13/h6-12,15-17H,4-5H2,1-3H3. The average molecular weight is 273 g/mol. The van der Waals surface area contributed by atoms with Crippen LogP contribution in [0.4, 0.5) is 0 Å². The third-order valence-electron chi connectivity index (χ3n) is 3.42. The Morgan fingerprint density at radius 3 is 2.50 bits per heavy atom. The first-order chi connectivity index (χ1) is 9.80. The summed E-state index contributed by atoms with van der Waals surface area (Å²) >= 11 is 0. The molecule has 1 N–H and O–H groups in total. The first kappa shape index (κ1) is 14.8. The van der Waals surface area contributed by atoms with E-state index >= 15 is 0 Å². The van der Waals surface area contributed by atoms with Gasteiger partial charge >= 0.3 is 0 Å². The maximum absolute atomic E-state index is 5.98. The van der Waals surface area contributed by atoms with Crippen molar-refractivity contribution in [1.82, 2.24) is 15.1 Å². The zero-order valence-corrected chi connectivity index (χ0v) is 12.4. The number of hydrogen-bond donors (Lipinski definition) is 1. The highest BCUT2D eigenvalue weighted by molar-refractivity contribution is 5.23. The molecule has 2 aromatic rings. The zero-order chi connectivity index (χ0) is 14.4. The van der Waals surface area contributed by atoms with Crippen LogP contribution in [0, 0.1) is 0 Å². The summed E-state index contributed by atoms with van der Waals surface area (Å²) in [7, 11) is 1.96. The molecule has 4 nitrogen and oxygen atoms in total. The lowest BCUT2D eigenvalue weighted by molar-refractivity contribution is 0.0347. The SMILES string of the molecule is CCOC(c1ccccc1)C(NC)c1cnn(CC)c1. The second kappa shape index (κ2) is 7.22. The summed E-state index contributed by atoms with van der Waals surface area (Å²) in [4.78, 5) is 0. The number of hydrogen-bond acceptors (Lipinski definition) is 3. The third-order valence-corrected chi connectivity index (χ3v) is 3.42. The normalized spacial score (nSPS) is 14.2. The number of likely N-dealkylation sites (N-methyl/N-ethyl adjacent to an activating group) is 1. The Balaban J connectivity index is 2.30. The van der Waals surface area contributed by atoms with Crippen molar-refractivity contribution >= 4 is 0 Å². The molecular formula is C16H23N3O. The maximum atomic E-state index is 5.98. The lowest BCUT2D eigenvalue weighted by atomic mass is 9.98. The molecule has 0 spiro atoms. The van der Waals surface area contributed by atoms with Gasteiger partial charge in [0.15, 0.2) is 0 Å². The van der Waals surface area contributed by atoms with E-state index < -0.39 is 0 Å². The lowest BCUT2D eigenvalue weighted by Gasteiger charge is -2.26. The summed E-state index contributed by atoms with van der Waals surface area (Å²) in [5.74, 6) is 0. The third kappa shape index (κ3) is 3.26. The topological polar surface area (TPSA) is 39.1 Å². The van der Waals surface area contributed by atoms with Crippen LogP contribution in [0.5, 0.6) is 0 Å². The van der Waals surface area contributed by atoms with E-state index in [4.69, 9.17) is 4.74 Å². The number of benzene rings is 1. The fraction of sp³-hybridized carbons (Fsp3) is 0.438. The summed E-state index contributed by atoms with van der Waals surface area (Å²) in [6.07, 6.45) is 3.98. The summed E-state index contributed by atoms with van der Waals surface area (Å²) in [6, 6.07) is 10.4. The van der Waals surface area contributed by atoms with Gasteiger partial charge in [-0.2, -0.15) is 5.10 Å². The van der Waals surface area contributed by atoms with Gasteiger partial charge in [0.2, 0.25) is 0 Å². The quantitative estimate of drug-likeness (QED) is 0.843. The van der Waals surface area contributed by atoms with Gasteiger partial charge in [-0.1, -0.05) is 30.3 Å². The molecule has 1 aromatic heterocycles. The van der Waals surface area contributed by atoms with Gasteiger partial charge in [-0.3, -0.25) is 4.68 Å². The first-order valence-corrected chi connectivity index (χ1v) is 7.16. The van der Waals surface area contributed by atoms with Crippen molar-refractivity contribution < 1.29 is 4.74 Å². The van der Waals surface area contributed by atoms with Crippen LogP contribution in [0.1, 0.15) is 37.1 Å². The molecule has 1 aromatic carbocycles. The Kier molecular flexibility index (Phi) is 5.32. The molecule has 0 aliphatic heterocycles. The highest BCUT2D eigenvalue weighted by Gasteiger charge is 2.25. The second-order valence-electron chi connectivity index (χ2n) is 4.68. The van der Waals surface area contributed by atoms with Gasteiger partial charge in [0, 0.05) is 24.9 Å². The van der Waals surface area contributed by atoms with E-state index in [1.807, 2.05) is 43.0 Å². The Hall–Kier alpha value is -1.65. The highest BCUT2D eigenvalue weighted by atomic mass is 16.5. The van der Waals surface area contributed by atoms with E-state index in [2.05, 4.69) is 35.7 Å². The predicted molar refractivity (Wildman–Crippen MR) is 80.5 cm³/mol. The van der Waals surface area contributed by atoms with Crippen LogP contribution < -0.4 is 5.32 Å². The van der Waals surface area contributed by atoms with Gasteiger partial charge < -0.3 is 10.1 Å². The van der Waals surface area contributed by atoms with Crippen LogP contribution in [-0.4, -0.2) is 23.4 Å². The fourth-order valence-electron chi connectivity index (χ4n) is 2.41. The summed E-state index contributed by atoms with van der Waals surface area (Å²) < 4.78 is 7.92. The molecule has 1 heterocycles. The molecule has 0 amide bonds. The fourth-order valence-corrected chi connectivity index (χ4v) is 2.41. The van der Waals surface area contributed by atoms with E-state index in [0.717, 1.165) is 12.1 Å². The Morgan fingerprint density at radius 2 is 1.95 bits per heavy atom. The number of nitrogens with one attached hydrogen (secondary N) is 1. The molecule has 0 aliphatic rings. The van der Waals surface area contributed by atoms with Crippen molar-refractivity contribution in [3.63, 3.8) is 0 Å². The van der Waals surface area contributed by atoms with Crippen LogP contribution in [0.15, 0.2) is 42.7 Å². The van der Waals surface area contributed by atoms with Gasteiger partial charge in [0.25, 0.3) is 0 Å². The van der Waals surface area contributed by atoms with E-state index in [9.17, 15) is 0 Å². The van der Waals surface area contributed by atoms with Gasteiger partial charge in [-0.25, -0.2) is 0 Å². The molecule has 2 rings (SSSR count). The molecule has 0 radical (unpaired) electrons. The monoisotopic (exact) mass is 273 g/mol. The highest BCUT2D eigenvalue weighted by Crippen LogP contribution is 2.31. The van der Waals surface area contributed by atoms with Gasteiger partial charge in [-0.15, -0.1) is 0 Å². The molecule has 0 saturated carbocycles. The van der Waals surface area contributed by atoms with Gasteiger partial charge in [0.05, 0.1) is 12.2 Å². The number of nitrogens with zero attached hydrogens (tertiary/aromatic N) is 2. The van der Waals surface area contributed by atoms with E-state index in [1.165, 1.54) is 5.56 Å². The molecule has 0 saturated heterocycles. The molecule has 4 heteroatoms. The second-order valence-corrected chi connectivity index (χ2v) is 4.68. The number of aromatic nitrogens is 2. The molecule has 0 bridgehead atoms. The summed E-state index contributed by atoms with van der Waals surface area (Å²) in [6.45, 7) is 5.67.